The van der Waals surface area contributed by atoms with Gasteiger partial charge in [-0.1, -0.05) is 43.6 Å². The predicted octanol–water partition coefficient (Wildman–Crippen LogP) is 4.49. The van der Waals surface area contributed by atoms with Gasteiger partial charge in [0.1, 0.15) is 21.2 Å². The molecule has 1 heterocycles. The maximum Gasteiger partial charge on any atom is 0.339 e. The highest BCUT2D eigenvalue weighted by atomic mass is 35.5. The van der Waals surface area contributed by atoms with Gasteiger partial charge in [-0.3, -0.25) is 4.72 Å². The van der Waals surface area contributed by atoms with Crippen LogP contribution in [0.3, 0.4) is 0 Å². The minimum Gasteiger partial charge on any atom is -0.478 e. The average molecular weight is 563 g/mol. The minimum absolute atomic E-state index is 0.0221. The molecule has 13 heteroatoms. The Hall–Kier alpha value is -3.61. The zero-order valence-corrected chi connectivity index (χ0v) is 22.0. The van der Waals surface area contributed by atoms with Crippen LogP contribution in [0.1, 0.15) is 24.2 Å². The van der Waals surface area contributed by atoms with Gasteiger partial charge in [0.15, 0.2) is 0 Å². The highest BCUT2D eigenvalue weighted by Crippen LogP contribution is 2.31. The first-order valence-corrected chi connectivity index (χ1v) is 14.3. The van der Waals surface area contributed by atoms with Gasteiger partial charge in [-0.2, -0.15) is 8.42 Å². The van der Waals surface area contributed by atoms with Crippen molar-refractivity contribution in [2.45, 2.75) is 29.7 Å². The lowest BCUT2D eigenvalue weighted by molar-refractivity contribution is 0.0693. The van der Waals surface area contributed by atoms with Crippen LogP contribution in [0, 0.1) is 5.92 Å². The topological polar surface area (TPSA) is 154 Å². The summed E-state index contributed by atoms with van der Waals surface area (Å²) in [4.78, 5) is 11.8. The standard InChI is InChI=1S/C24H23ClN4O6S2/c1-14(2)22(23-27-17-6-3-4-8-19(17)36(32,33)29-23)26-18-7-5-9-20(21(18)24(30)31)37(34,35)28-16-12-10-15(25)11-13-16/h3-14,22,26,28H,1-2H3,(H,27,29)(H,30,31). The Morgan fingerprint density at radius 3 is 2.35 bits per heavy atom. The predicted molar refractivity (Wildman–Crippen MR) is 143 cm³/mol. The molecule has 1 unspecified atom stereocenters. The summed E-state index contributed by atoms with van der Waals surface area (Å²) in [6.07, 6.45) is 0. The lowest BCUT2D eigenvalue weighted by atomic mass is 10.0. The number of carboxylic acid groups (broad SMARTS) is 1. The van der Waals surface area contributed by atoms with E-state index in [1.54, 1.807) is 32.0 Å². The number of anilines is 3. The van der Waals surface area contributed by atoms with Gasteiger partial charge in [-0.25, -0.2) is 13.2 Å². The fourth-order valence-corrected chi connectivity index (χ4v) is 6.38. The number of para-hydroxylation sites is 1. The molecule has 1 atom stereocenters. The number of nitrogens with one attached hydrogen (secondary N) is 3. The van der Waals surface area contributed by atoms with Gasteiger partial charge in [0.25, 0.3) is 20.0 Å². The molecule has 1 aliphatic heterocycles. The van der Waals surface area contributed by atoms with Crippen LogP contribution in [0.15, 0.2) is 80.9 Å². The van der Waals surface area contributed by atoms with Crippen LogP contribution in [0.2, 0.25) is 5.02 Å². The Morgan fingerprint density at radius 1 is 1.03 bits per heavy atom. The fraction of sp³-hybridized carbons (Fsp3) is 0.167. The lowest BCUT2D eigenvalue weighted by Gasteiger charge is -2.29. The molecule has 0 aliphatic carbocycles. The van der Waals surface area contributed by atoms with Crippen LogP contribution in [0.4, 0.5) is 17.1 Å². The first-order valence-electron chi connectivity index (χ1n) is 11.0. The van der Waals surface area contributed by atoms with Crippen molar-refractivity contribution < 1.29 is 26.7 Å². The molecule has 37 heavy (non-hydrogen) atoms. The van der Waals surface area contributed by atoms with Gasteiger partial charge in [-0.15, -0.1) is 4.40 Å². The fourth-order valence-electron chi connectivity index (χ4n) is 3.81. The molecular weight excluding hydrogens is 540 g/mol. The third-order valence-electron chi connectivity index (χ3n) is 5.54. The van der Waals surface area contributed by atoms with E-state index in [4.69, 9.17) is 11.6 Å². The van der Waals surface area contributed by atoms with Gasteiger partial charge < -0.3 is 15.7 Å². The zero-order valence-electron chi connectivity index (χ0n) is 19.6. The van der Waals surface area contributed by atoms with E-state index in [1.165, 1.54) is 48.5 Å². The second-order valence-electron chi connectivity index (χ2n) is 8.54. The van der Waals surface area contributed by atoms with Crippen molar-refractivity contribution in [3.63, 3.8) is 0 Å². The van der Waals surface area contributed by atoms with Crippen LogP contribution in [-0.2, 0) is 20.0 Å². The smallest absolute Gasteiger partial charge is 0.339 e. The van der Waals surface area contributed by atoms with Crippen molar-refractivity contribution in [2.75, 3.05) is 15.4 Å². The number of halogens is 1. The number of hydrogen-bond donors (Lipinski definition) is 4. The Balaban J connectivity index is 1.74. The number of benzene rings is 3. The third kappa shape index (κ3) is 5.55. The van der Waals surface area contributed by atoms with E-state index in [1.807, 2.05) is 0 Å². The molecule has 0 saturated heterocycles. The summed E-state index contributed by atoms with van der Waals surface area (Å²) in [6.45, 7) is 3.58. The summed E-state index contributed by atoms with van der Waals surface area (Å²) in [5.74, 6) is -1.71. The minimum atomic E-state index is -4.32. The molecule has 0 radical (unpaired) electrons. The number of sulfonamides is 2. The normalized spacial score (nSPS) is 15.2. The maximum atomic E-state index is 13.2. The van der Waals surface area contributed by atoms with E-state index in [2.05, 4.69) is 19.8 Å². The van der Waals surface area contributed by atoms with Gasteiger partial charge in [-0.05, 0) is 54.4 Å². The van der Waals surface area contributed by atoms with Gasteiger partial charge in [0.2, 0.25) is 0 Å². The first kappa shape index (κ1) is 26.5. The number of hydrogen-bond acceptors (Lipinski definition) is 7. The molecule has 0 saturated carbocycles. The Bertz CT molecular complexity index is 1600. The van der Waals surface area contributed by atoms with Crippen molar-refractivity contribution in [3.05, 3.63) is 77.3 Å². The summed E-state index contributed by atoms with van der Waals surface area (Å²) < 4.78 is 58.1. The molecule has 3 aromatic carbocycles. The SMILES string of the molecule is CC(C)C(Nc1cccc(S(=O)(=O)Nc2ccc(Cl)cc2)c1C(=O)O)C1=NS(=O)(=O)c2ccccc2N1. The molecule has 0 aromatic heterocycles. The molecule has 0 bridgehead atoms. The van der Waals surface area contributed by atoms with Crippen molar-refractivity contribution >= 4 is 60.5 Å². The molecule has 0 spiro atoms. The second-order valence-corrected chi connectivity index (χ2v) is 12.2. The Morgan fingerprint density at radius 2 is 1.70 bits per heavy atom. The first-order chi connectivity index (χ1) is 17.4. The summed E-state index contributed by atoms with van der Waals surface area (Å²) >= 11 is 5.86. The highest BCUT2D eigenvalue weighted by Gasteiger charge is 2.32. The van der Waals surface area contributed by atoms with Crippen molar-refractivity contribution in [2.24, 2.45) is 10.3 Å². The van der Waals surface area contributed by atoms with Crippen molar-refractivity contribution in [1.82, 2.24) is 0 Å². The number of carboxylic acids is 1. The van der Waals surface area contributed by atoms with Crippen molar-refractivity contribution in [3.8, 4) is 0 Å². The molecule has 3 aromatic rings. The van der Waals surface area contributed by atoms with Crippen molar-refractivity contribution in [1.29, 1.82) is 0 Å². The molecule has 1 aliphatic rings. The van der Waals surface area contributed by atoms with Gasteiger partial charge >= 0.3 is 5.97 Å². The highest BCUT2D eigenvalue weighted by molar-refractivity contribution is 7.92. The largest absolute Gasteiger partial charge is 0.478 e. The molecule has 194 valence electrons. The van der Waals surface area contributed by atoms with Crippen LogP contribution >= 0.6 is 11.6 Å². The zero-order chi connectivity index (χ0) is 27.0. The van der Waals surface area contributed by atoms with E-state index in [0.29, 0.717) is 10.7 Å². The average Bonchev–Trinajstić information content (AvgIpc) is 2.83. The number of carbonyl (C=O) groups is 1. The number of aromatic carboxylic acids is 1. The monoisotopic (exact) mass is 562 g/mol. The molecule has 4 N–H and O–H groups in total. The Labute approximate surface area is 219 Å². The Kier molecular flexibility index (Phi) is 7.18. The lowest BCUT2D eigenvalue weighted by Crippen LogP contribution is -2.41. The van der Waals surface area contributed by atoms with Crippen LogP contribution in [0.25, 0.3) is 0 Å². The molecule has 10 nitrogen and oxygen atoms in total. The van der Waals surface area contributed by atoms with E-state index in [9.17, 15) is 26.7 Å². The second kappa shape index (κ2) is 10.0. The van der Waals surface area contributed by atoms with Crippen LogP contribution < -0.4 is 15.4 Å². The molecule has 4 rings (SSSR count). The van der Waals surface area contributed by atoms with Gasteiger partial charge in [0, 0.05) is 10.7 Å². The number of nitrogens with zero attached hydrogens (tertiary/aromatic N) is 1. The quantitative estimate of drug-likeness (QED) is 0.313. The molecule has 0 fully saturated rings. The van der Waals surface area contributed by atoms with E-state index in [-0.39, 0.29) is 28.0 Å². The van der Waals surface area contributed by atoms with E-state index < -0.39 is 42.5 Å². The number of amidine groups is 1. The van der Waals surface area contributed by atoms with Gasteiger partial charge in [0.05, 0.1) is 17.4 Å². The summed E-state index contributed by atoms with van der Waals surface area (Å²) in [7, 11) is -8.32. The summed E-state index contributed by atoms with van der Waals surface area (Å²) in [6, 6.07) is 15.3. The summed E-state index contributed by atoms with van der Waals surface area (Å²) in [5.41, 5.74) is 0.00547. The molecular formula is C24H23ClN4O6S2. The maximum absolute atomic E-state index is 13.2. The number of fused-ring (bicyclic) bond motifs is 1. The third-order valence-corrected chi connectivity index (χ3v) is 8.57. The molecule has 0 amide bonds. The number of rotatable bonds is 8. The summed E-state index contributed by atoms with van der Waals surface area (Å²) in [5, 5.41) is 16.4. The van der Waals surface area contributed by atoms with Crippen LogP contribution in [0.5, 0.6) is 0 Å². The van der Waals surface area contributed by atoms with E-state index >= 15 is 0 Å². The van der Waals surface area contributed by atoms with Crippen LogP contribution in [-0.4, -0.2) is 39.8 Å². The van der Waals surface area contributed by atoms with E-state index in [0.717, 1.165) is 0 Å².